The number of aromatic nitrogens is 2. The van der Waals surface area contributed by atoms with Crippen molar-refractivity contribution < 1.29 is 13.9 Å². The molecule has 0 saturated carbocycles. The van der Waals surface area contributed by atoms with E-state index in [1.807, 2.05) is 51.1 Å². The predicted molar refractivity (Wildman–Crippen MR) is 115 cm³/mol. The van der Waals surface area contributed by atoms with Crippen molar-refractivity contribution in [2.75, 3.05) is 6.61 Å². The quantitative estimate of drug-likeness (QED) is 0.475. The average molecular weight is 405 g/mol. The van der Waals surface area contributed by atoms with Crippen LogP contribution in [0.25, 0.3) is 22.0 Å². The van der Waals surface area contributed by atoms with Crippen LogP contribution >= 0.6 is 0 Å². The lowest BCUT2D eigenvalue weighted by Crippen LogP contribution is -2.35. The molecule has 154 valence electrons. The number of aromatic amines is 1. The number of nitrogens with zero attached hydrogens (tertiary/aromatic N) is 1. The first kappa shape index (κ1) is 19.7. The Kier molecular flexibility index (Phi) is 5.27. The number of nitrogens with one attached hydrogen (secondary N) is 2. The van der Waals surface area contributed by atoms with E-state index in [4.69, 9.17) is 9.15 Å². The lowest BCUT2D eigenvalue weighted by atomic mass is 10.0. The number of benzene rings is 2. The van der Waals surface area contributed by atoms with Crippen LogP contribution in [0, 0.1) is 12.8 Å². The van der Waals surface area contributed by atoms with Gasteiger partial charge in [-0.15, -0.1) is 0 Å². The summed E-state index contributed by atoms with van der Waals surface area (Å²) in [6.45, 7) is 5.72. The number of carbonyl (C=O) groups is 1. The summed E-state index contributed by atoms with van der Waals surface area (Å²) >= 11 is 0. The van der Waals surface area contributed by atoms with Gasteiger partial charge in [-0.25, -0.2) is 9.78 Å². The summed E-state index contributed by atoms with van der Waals surface area (Å²) in [4.78, 5) is 32.0. The molecule has 0 saturated heterocycles. The molecule has 0 aliphatic rings. The Hall–Kier alpha value is -3.61. The number of fused-ring (bicyclic) bond motifs is 2. The number of rotatable bonds is 6. The molecule has 1 amide bonds. The Morgan fingerprint density at radius 2 is 2.00 bits per heavy atom. The Morgan fingerprint density at radius 1 is 1.20 bits per heavy atom. The Balaban J connectivity index is 1.46. The first-order valence-corrected chi connectivity index (χ1v) is 9.82. The molecule has 2 N–H and O–H groups in total. The highest BCUT2D eigenvalue weighted by Gasteiger charge is 2.22. The number of carbonyl (C=O) groups excluding carboxylic acids is 1. The third-order valence-electron chi connectivity index (χ3n) is 4.98. The maximum Gasteiger partial charge on any atom is 0.336 e. The van der Waals surface area contributed by atoms with E-state index in [2.05, 4.69) is 15.3 Å². The van der Waals surface area contributed by atoms with Gasteiger partial charge in [-0.2, -0.15) is 0 Å². The molecule has 4 aromatic rings. The van der Waals surface area contributed by atoms with E-state index in [1.54, 1.807) is 12.1 Å². The SMILES string of the molecule is Cc1cc(=O)oc2cc(OCC(=O)N[C@H](c3nc4ccccc4[nH]3)C(C)C)ccc12. The second-order valence-corrected chi connectivity index (χ2v) is 7.62. The van der Waals surface area contributed by atoms with Crippen LogP contribution in [0.2, 0.25) is 0 Å². The molecule has 0 aliphatic carbocycles. The van der Waals surface area contributed by atoms with Gasteiger partial charge in [-0.3, -0.25) is 4.79 Å². The van der Waals surface area contributed by atoms with Crippen LogP contribution < -0.4 is 15.7 Å². The molecular formula is C23H23N3O4. The maximum atomic E-state index is 12.5. The Labute approximate surface area is 173 Å². The minimum absolute atomic E-state index is 0.132. The molecule has 4 rings (SSSR count). The molecule has 2 aromatic heterocycles. The van der Waals surface area contributed by atoms with Gasteiger partial charge in [0, 0.05) is 17.5 Å². The van der Waals surface area contributed by atoms with E-state index in [9.17, 15) is 9.59 Å². The summed E-state index contributed by atoms with van der Waals surface area (Å²) in [6.07, 6.45) is 0. The van der Waals surface area contributed by atoms with Crippen LogP contribution in [0.5, 0.6) is 5.75 Å². The molecule has 2 heterocycles. The van der Waals surface area contributed by atoms with Crippen LogP contribution in [0.4, 0.5) is 0 Å². The van der Waals surface area contributed by atoms with Gasteiger partial charge in [0.2, 0.25) is 0 Å². The molecular weight excluding hydrogens is 382 g/mol. The molecule has 2 aromatic carbocycles. The van der Waals surface area contributed by atoms with Crippen LogP contribution in [0.15, 0.2) is 57.7 Å². The molecule has 7 nitrogen and oxygen atoms in total. The number of ether oxygens (including phenoxy) is 1. The van der Waals surface area contributed by atoms with Gasteiger partial charge in [0.15, 0.2) is 6.61 Å². The smallest absolute Gasteiger partial charge is 0.336 e. The van der Waals surface area contributed by atoms with Gasteiger partial charge < -0.3 is 19.5 Å². The van der Waals surface area contributed by atoms with Crippen LogP contribution in [-0.2, 0) is 4.79 Å². The number of H-pyrrole nitrogens is 1. The third kappa shape index (κ3) is 4.05. The van der Waals surface area contributed by atoms with Crippen molar-refractivity contribution in [1.29, 1.82) is 0 Å². The number of imidazole rings is 1. The summed E-state index contributed by atoms with van der Waals surface area (Å²) < 4.78 is 10.9. The minimum atomic E-state index is -0.416. The number of aryl methyl sites for hydroxylation is 1. The molecule has 7 heteroatoms. The number of amides is 1. The Morgan fingerprint density at radius 3 is 2.77 bits per heavy atom. The summed E-state index contributed by atoms with van der Waals surface area (Å²) in [5, 5.41) is 3.82. The fraction of sp³-hybridized carbons (Fsp3) is 0.261. The third-order valence-corrected chi connectivity index (χ3v) is 4.98. The van der Waals surface area contributed by atoms with Crippen molar-refractivity contribution in [1.82, 2.24) is 15.3 Å². The molecule has 0 unspecified atom stereocenters. The molecule has 1 atom stereocenters. The van der Waals surface area contributed by atoms with E-state index in [1.165, 1.54) is 6.07 Å². The number of para-hydroxylation sites is 2. The second kappa shape index (κ2) is 8.02. The largest absolute Gasteiger partial charge is 0.484 e. The summed E-state index contributed by atoms with van der Waals surface area (Å²) in [7, 11) is 0. The summed E-state index contributed by atoms with van der Waals surface area (Å²) in [6, 6.07) is 14.1. The highest BCUT2D eigenvalue weighted by Crippen LogP contribution is 2.23. The van der Waals surface area contributed by atoms with E-state index < -0.39 is 5.63 Å². The van der Waals surface area contributed by atoms with E-state index in [0.29, 0.717) is 17.2 Å². The topological polar surface area (TPSA) is 97.2 Å². The van der Waals surface area contributed by atoms with E-state index >= 15 is 0 Å². The fourth-order valence-electron chi connectivity index (χ4n) is 3.43. The van der Waals surface area contributed by atoms with E-state index in [0.717, 1.165) is 22.0 Å². The summed E-state index contributed by atoms with van der Waals surface area (Å²) in [5.41, 5.74) is 2.63. The van der Waals surface area contributed by atoms with Gasteiger partial charge in [0.1, 0.15) is 17.2 Å². The lowest BCUT2D eigenvalue weighted by molar-refractivity contribution is -0.124. The van der Waals surface area contributed by atoms with Gasteiger partial charge >= 0.3 is 5.63 Å². The van der Waals surface area contributed by atoms with Crippen LogP contribution in [-0.4, -0.2) is 22.5 Å². The van der Waals surface area contributed by atoms with Crippen LogP contribution in [0.3, 0.4) is 0 Å². The molecule has 0 spiro atoms. The Bertz CT molecular complexity index is 1240. The van der Waals surface area contributed by atoms with Crippen molar-refractivity contribution in [2.24, 2.45) is 5.92 Å². The maximum absolute atomic E-state index is 12.5. The monoisotopic (exact) mass is 405 g/mol. The number of hydrogen-bond donors (Lipinski definition) is 2. The van der Waals surface area contributed by atoms with Gasteiger partial charge in [0.25, 0.3) is 5.91 Å². The molecule has 30 heavy (non-hydrogen) atoms. The van der Waals surface area contributed by atoms with Crippen molar-refractivity contribution in [3.8, 4) is 5.75 Å². The average Bonchev–Trinajstić information content (AvgIpc) is 3.13. The molecule has 0 bridgehead atoms. The van der Waals surface area contributed by atoms with Crippen molar-refractivity contribution in [3.05, 3.63) is 70.3 Å². The highest BCUT2D eigenvalue weighted by molar-refractivity contribution is 5.82. The van der Waals surface area contributed by atoms with Crippen molar-refractivity contribution in [2.45, 2.75) is 26.8 Å². The fourth-order valence-corrected chi connectivity index (χ4v) is 3.43. The predicted octanol–water partition coefficient (Wildman–Crippen LogP) is 3.87. The van der Waals surface area contributed by atoms with Gasteiger partial charge in [-0.1, -0.05) is 26.0 Å². The second-order valence-electron chi connectivity index (χ2n) is 7.62. The first-order valence-electron chi connectivity index (χ1n) is 9.82. The zero-order valence-electron chi connectivity index (χ0n) is 17.1. The standard InChI is InChI=1S/C23H23N3O4/c1-13(2)22(23-24-17-6-4-5-7-18(17)25-23)26-20(27)12-29-15-8-9-16-14(3)10-21(28)30-19(16)11-15/h4-11,13,22H,12H2,1-3H3,(H,24,25)(H,26,27)/t22-/m0/s1. The minimum Gasteiger partial charge on any atom is -0.484 e. The van der Waals surface area contributed by atoms with E-state index in [-0.39, 0.29) is 24.5 Å². The lowest BCUT2D eigenvalue weighted by Gasteiger charge is -2.20. The zero-order valence-corrected chi connectivity index (χ0v) is 17.1. The van der Waals surface area contributed by atoms with Crippen molar-refractivity contribution >= 4 is 27.9 Å². The zero-order chi connectivity index (χ0) is 21.3. The molecule has 0 radical (unpaired) electrons. The normalized spacial score (nSPS) is 12.4. The summed E-state index contributed by atoms with van der Waals surface area (Å²) in [5.74, 6) is 1.03. The van der Waals surface area contributed by atoms with Gasteiger partial charge in [-0.05, 0) is 42.7 Å². The molecule has 0 aliphatic heterocycles. The number of hydrogen-bond acceptors (Lipinski definition) is 5. The van der Waals surface area contributed by atoms with Crippen LogP contribution in [0.1, 0.15) is 31.3 Å². The van der Waals surface area contributed by atoms with Crippen molar-refractivity contribution in [3.63, 3.8) is 0 Å². The molecule has 0 fully saturated rings. The highest BCUT2D eigenvalue weighted by atomic mass is 16.5. The first-order chi connectivity index (χ1) is 14.4. The van der Waals surface area contributed by atoms with Gasteiger partial charge in [0.05, 0.1) is 17.1 Å².